The van der Waals surface area contributed by atoms with Gasteiger partial charge in [0, 0.05) is 0 Å². The van der Waals surface area contributed by atoms with E-state index in [1.807, 2.05) is 0 Å². The number of carboxylic acid groups (broad SMARTS) is 1. The molecule has 3 fully saturated rings. The molecule has 0 unspecified atom stereocenters. The van der Waals surface area contributed by atoms with Crippen LogP contribution in [-0.4, -0.2) is 156 Å². The van der Waals surface area contributed by atoms with Crippen molar-refractivity contribution in [1.29, 1.82) is 0 Å². The summed E-state index contributed by atoms with van der Waals surface area (Å²) in [5, 5.41) is 98.7. The maximum absolute atomic E-state index is 11.6. The number of rotatable bonds is 6. The highest BCUT2D eigenvalue weighted by Crippen LogP contribution is 2.31. The molecular formula is C17H28O16. The normalized spacial score (nSPS) is 51.3. The van der Waals surface area contributed by atoms with Gasteiger partial charge in [0.15, 0.2) is 25.0 Å². The molecule has 33 heavy (non-hydrogen) atoms. The molecule has 0 amide bonds. The van der Waals surface area contributed by atoms with Crippen molar-refractivity contribution in [3.63, 3.8) is 0 Å². The largest absolute Gasteiger partial charge is 0.479 e. The minimum atomic E-state index is -2.11. The highest BCUT2D eigenvalue weighted by atomic mass is 16.8. The Morgan fingerprint density at radius 1 is 0.758 bits per heavy atom. The molecule has 3 heterocycles. The minimum absolute atomic E-state index is 0.488. The molecule has 0 bridgehead atoms. The van der Waals surface area contributed by atoms with Crippen molar-refractivity contribution in [3.05, 3.63) is 0 Å². The molecule has 3 rings (SSSR count). The number of aliphatic hydroxyl groups excluding tert-OH is 9. The zero-order valence-corrected chi connectivity index (χ0v) is 16.9. The molecule has 0 aromatic heterocycles. The van der Waals surface area contributed by atoms with Crippen LogP contribution in [0.4, 0.5) is 0 Å². The van der Waals surface area contributed by atoms with E-state index in [9.17, 15) is 55.9 Å². The predicted octanol–water partition coefficient (Wildman–Crippen LogP) is -6.84. The lowest BCUT2D eigenvalue weighted by atomic mass is 9.96. The van der Waals surface area contributed by atoms with Crippen LogP contribution in [0.25, 0.3) is 0 Å². The maximum Gasteiger partial charge on any atom is 0.335 e. The molecule has 0 spiro atoms. The summed E-state index contributed by atoms with van der Waals surface area (Å²) in [6, 6.07) is 0. The molecule has 10 N–H and O–H groups in total. The van der Waals surface area contributed by atoms with Crippen LogP contribution in [0.3, 0.4) is 0 Å². The van der Waals surface area contributed by atoms with Crippen LogP contribution in [0.5, 0.6) is 0 Å². The first kappa shape index (κ1) is 26.5. The van der Waals surface area contributed by atoms with Gasteiger partial charge in [-0.05, 0) is 0 Å². The van der Waals surface area contributed by atoms with Gasteiger partial charge in [0.1, 0.15) is 61.0 Å². The van der Waals surface area contributed by atoms with Gasteiger partial charge >= 0.3 is 5.97 Å². The quantitative estimate of drug-likeness (QED) is 0.166. The lowest BCUT2D eigenvalue weighted by Crippen LogP contribution is -2.66. The van der Waals surface area contributed by atoms with Crippen LogP contribution in [0, 0.1) is 0 Å². The molecule has 0 aliphatic carbocycles. The standard InChI is InChI=1S/C17H28O16/c18-1-4-6(21)7(22)9(24)17(30-4)33-12-10(25)11(13(14(26)27)31-15(12)28)32-16-8(23)5(20)3(19)2-29-16/h3-13,15-25,28H,1-2H2,(H,26,27)/t3-,4-,5+,6+,7+,8-,9-,10+,11+,12-,13+,15-,16+,17+/m1/s1. The molecular weight excluding hydrogens is 460 g/mol. The summed E-state index contributed by atoms with van der Waals surface area (Å²) in [4.78, 5) is 11.6. The molecule has 16 heteroatoms. The van der Waals surface area contributed by atoms with Crippen LogP contribution in [0.1, 0.15) is 0 Å². The van der Waals surface area contributed by atoms with Crippen molar-refractivity contribution in [2.75, 3.05) is 13.2 Å². The lowest BCUT2D eigenvalue weighted by Gasteiger charge is -2.46. The second-order valence-corrected chi connectivity index (χ2v) is 7.93. The number of aliphatic carboxylic acids is 1. The summed E-state index contributed by atoms with van der Waals surface area (Å²) in [6.45, 7) is -1.27. The van der Waals surface area contributed by atoms with Gasteiger partial charge in [-0.2, -0.15) is 0 Å². The van der Waals surface area contributed by atoms with Crippen molar-refractivity contribution in [2.45, 2.75) is 86.0 Å². The number of hydrogen-bond donors (Lipinski definition) is 10. The van der Waals surface area contributed by atoms with E-state index in [1.54, 1.807) is 0 Å². The van der Waals surface area contributed by atoms with E-state index in [-0.39, 0.29) is 0 Å². The van der Waals surface area contributed by atoms with Gasteiger partial charge in [-0.1, -0.05) is 0 Å². The monoisotopic (exact) mass is 488 g/mol. The average molecular weight is 488 g/mol. The van der Waals surface area contributed by atoms with E-state index in [0.717, 1.165) is 0 Å². The van der Waals surface area contributed by atoms with Crippen LogP contribution in [0.15, 0.2) is 0 Å². The van der Waals surface area contributed by atoms with E-state index >= 15 is 0 Å². The number of carboxylic acids is 1. The zero-order chi connectivity index (χ0) is 24.6. The SMILES string of the molecule is O=C(O)[C@H]1O[C@@H](O)[C@H](O[C@@H]2O[C@H](CO)[C@H](O)[C@H](O)[C@H]2O)[C@@H](O)[C@@H]1O[C@@H]1OC[C@@H](O)[C@H](O)[C@H]1O. The van der Waals surface area contributed by atoms with Crippen molar-refractivity contribution in [3.8, 4) is 0 Å². The molecule has 0 aromatic rings. The second-order valence-electron chi connectivity index (χ2n) is 7.93. The molecule has 0 radical (unpaired) electrons. The molecule has 0 saturated carbocycles. The number of carbonyl (C=O) groups is 1. The van der Waals surface area contributed by atoms with Gasteiger partial charge in [0.05, 0.1) is 13.2 Å². The van der Waals surface area contributed by atoms with Crippen LogP contribution in [0.2, 0.25) is 0 Å². The zero-order valence-electron chi connectivity index (χ0n) is 16.9. The van der Waals surface area contributed by atoms with Gasteiger partial charge < -0.3 is 74.7 Å². The number of hydrogen-bond acceptors (Lipinski definition) is 15. The van der Waals surface area contributed by atoms with Crippen molar-refractivity contribution < 1.29 is 79.5 Å². The van der Waals surface area contributed by atoms with Crippen LogP contribution >= 0.6 is 0 Å². The molecule has 14 atom stereocenters. The Morgan fingerprint density at radius 3 is 1.97 bits per heavy atom. The topological polar surface area (TPSA) is 266 Å². The summed E-state index contributed by atoms with van der Waals surface area (Å²) in [6.07, 6.45) is -25.2. The molecule has 3 saturated heterocycles. The van der Waals surface area contributed by atoms with Crippen LogP contribution < -0.4 is 0 Å². The van der Waals surface area contributed by atoms with Crippen LogP contribution in [-0.2, 0) is 28.5 Å². The van der Waals surface area contributed by atoms with Gasteiger partial charge in [-0.15, -0.1) is 0 Å². The van der Waals surface area contributed by atoms with E-state index in [0.29, 0.717) is 0 Å². The van der Waals surface area contributed by atoms with Gasteiger partial charge in [-0.3, -0.25) is 0 Å². The number of ether oxygens (including phenoxy) is 5. The van der Waals surface area contributed by atoms with E-state index in [1.165, 1.54) is 0 Å². The highest BCUT2D eigenvalue weighted by molar-refractivity contribution is 5.73. The van der Waals surface area contributed by atoms with E-state index in [2.05, 4.69) is 0 Å². The fourth-order valence-corrected chi connectivity index (χ4v) is 3.73. The summed E-state index contributed by atoms with van der Waals surface area (Å²) < 4.78 is 25.7. The van der Waals surface area contributed by atoms with E-state index < -0.39 is 105 Å². The van der Waals surface area contributed by atoms with E-state index in [4.69, 9.17) is 23.7 Å². The fraction of sp³-hybridized carbons (Fsp3) is 0.941. The second kappa shape index (κ2) is 10.7. The Hall–Kier alpha value is -1.09. The fourth-order valence-electron chi connectivity index (χ4n) is 3.73. The van der Waals surface area contributed by atoms with Gasteiger partial charge in [0.25, 0.3) is 0 Å². The first-order valence-electron chi connectivity index (χ1n) is 9.99. The lowest BCUT2D eigenvalue weighted by molar-refractivity contribution is -0.374. The summed E-state index contributed by atoms with van der Waals surface area (Å²) in [5.41, 5.74) is 0. The Morgan fingerprint density at radius 2 is 1.36 bits per heavy atom. The van der Waals surface area contributed by atoms with Gasteiger partial charge in [-0.25, -0.2) is 4.79 Å². The Labute approximate surface area is 185 Å². The molecule has 16 nitrogen and oxygen atoms in total. The summed E-state index contributed by atoms with van der Waals surface area (Å²) in [5.74, 6) is -1.68. The highest BCUT2D eigenvalue weighted by Gasteiger charge is 2.54. The molecule has 3 aliphatic heterocycles. The van der Waals surface area contributed by atoms with Crippen molar-refractivity contribution >= 4 is 5.97 Å². The number of aliphatic hydroxyl groups is 9. The van der Waals surface area contributed by atoms with Crippen molar-refractivity contribution in [1.82, 2.24) is 0 Å². The third kappa shape index (κ3) is 5.29. The third-order valence-electron chi connectivity index (χ3n) is 5.67. The molecule has 192 valence electrons. The Bertz CT molecular complexity index is 663. The van der Waals surface area contributed by atoms with Gasteiger partial charge in [0.2, 0.25) is 0 Å². The first-order chi connectivity index (χ1) is 15.5. The predicted molar refractivity (Wildman–Crippen MR) is 95.8 cm³/mol. The average Bonchev–Trinajstić information content (AvgIpc) is 2.77. The first-order valence-corrected chi connectivity index (χ1v) is 9.99. The summed E-state index contributed by atoms with van der Waals surface area (Å²) >= 11 is 0. The Balaban J connectivity index is 1.77. The molecule has 0 aromatic carbocycles. The minimum Gasteiger partial charge on any atom is -0.479 e. The molecule has 3 aliphatic rings. The maximum atomic E-state index is 11.6. The smallest absolute Gasteiger partial charge is 0.335 e. The Kier molecular flexibility index (Phi) is 8.57. The third-order valence-corrected chi connectivity index (χ3v) is 5.67. The van der Waals surface area contributed by atoms with Crippen molar-refractivity contribution in [2.24, 2.45) is 0 Å². The summed E-state index contributed by atoms with van der Waals surface area (Å²) in [7, 11) is 0.